The van der Waals surface area contributed by atoms with E-state index < -0.39 is 4.92 Å². The van der Waals surface area contributed by atoms with Crippen molar-refractivity contribution in [2.24, 2.45) is 0 Å². The van der Waals surface area contributed by atoms with Gasteiger partial charge in [0.1, 0.15) is 11.4 Å². The SMILES string of the molecule is Cc1nn(Cc2ccc(C(=O)Nc3nnc(SCc4cccs4)s3)cc2)c(C)c1[N+](=O)[O-]. The van der Waals surface area contributed by atoms with E-state index in [0.717, 1.165) is 15.7 Å². The number of hydrogen-bond donors (Lipinski definition) is 1. The maximum absolute atomic E-state index is 12.5. The largest absolute Gasteiger partial charge is 0.312 e. The summed E-state index contributed by atoms with van der Waals surface area (Å²) in [6, 6.07) is 11.1. The third-order valence-corrected chi connectivity index (χ3v) is 7.70. The fourth-order valence-electron chi connectivity index (χ4n) is 3.06. The number of benzene rings is 1. The molecule has 0 unspecified atom stereocenters. The Morgan fingerprint density at radius 1 is 1.22 bits per heavy atom. The van der Waals surface area contributed by atoms with Gasteiger partial charge in [-0.15, -0.1) is 21.5 Å². The smallest absolute Gasteiger partial charge is 0.296 e. The van der Waals surface area contributed by atoms with E-state index in [1.165, 1.54) is 16.2 Å². The molecule has 0 radical (unpaired) electrons. The lowest BCUT2D eigenvalue weighted by molar-refractivity contribution is -0.386. The number of nitrogens with one attached hydrogen (secondary N) is 1. The van der Waals surface area contributed by atoms with Gasteiger partial charge >= 0.3 is 5.69 Å². The molecule has 1 N–H and O–H groups in total. The number of carbonyl (C=O) groups excluding carboxylic acids is 1. The lowest BCUT2D eigenvalue weighted by Gasteiger charge is -2.06. The Morgan fingerprint density at radius 2 is 2.00 bits per heavy atom. The summed E-state index contributed by atoms with van der Waals surface area (Å²) in [5.74, 6) is 0.546. The van der Waals surface area contributed by atoms with Gasteiger partial charge in [0.05, 0.1) is 11.5 Å². The van der Waals surface area contributed by atoms with Crippen LogP contribution in [0.25, 0.3) is 0 Å². The molecular weight excluding hydrogens is 468 g/mol. The van der Waals surface area contributed by atoms with Crippen molar-refractivity contribution in [3.63, 3.8) is 0 Å². The van der Waals surface area contributed by atoms with Crippen LogP contribution in [0, 0.1) is 24.0 Å². The van der Waals surface area contributed by atoms with Crippen molar-refractivity contribution in [3.05, 3.63) is 79.3 Å². The van der Waals surface area contributed by atoms with Crippen LogP contribution >= 0.6 is 34.4 Å². The van der Waals surface area contributed by atoms with Gasteiger partial charge in [0.2, 0.25) is 5.13 Å². The summed E-state index contributed by atoms with van der Waals surface area (Å²) in [6.45, 7) is 3.67. The van der Waals surface area contributed by atoms with Gasteiger partial charge in [0.25, 0.3) is 5.91 Å². The molecule has 0 saturated carbocycles. The Labute approximate surface area is 195 Å². The first-order valence-corrected chi connectivity index (χ1v) is 12.2. The number of rotatable bonds is 8. The zero-order valence-corrected chi connectivity index (χ0v) is 19.6. The number of thioether (sulfide) groups is 1. The molecule has 3 aromatic heterocycles. The number of anilines is 1. The third kappa shape index (κ3) is 5.03. The number of thiophene rings is 1. The summed E-state index contributed by atoms with van der Waals surface area (Å²) < 4.78 is 2.39. The van der Waals surface area contributed by atoms with Crippen molar-refractivity contribution >= 4 is 51.2 Å². The van der Waals surface area contributed by atoms with Crippen LogP contribution in [-0.2, 0) is 12.3 Å². The fourth-order valence-corrected chi connectivity index (χ4v) is 5.58. The van der Waals surface area contributed by atoms with Crippen molar-refractivity contribution in [2.45, 2.75) is 30.5 Å². The van der Waals surface area contributed by atoms with E-state index in [2.05, 4.69) is 26.7 Å². The number of aryl methyl sites for hydroxylation is 1. The molecule has 0 aliphatic carbocycles. The summed E-state index contributed by atoms with van der Waals surface area (Å²) in [6.07, 6.45) is 0. The number of nitro groups is 1. The topological polar surface area (TPSA) is 116 Å². The normalized spacial score (nSPS) is 10.9. The van der Waals surface area contributed by atoms with Gasteiger partial charge in [-0.3, -0.25) is 24.9 Å². The molecule has 0 aliphatic rings. The average molecular weight is 487 g/mol. The molecule has 0 bridgehead atoms. The second-order valence-corrected chi connectivity index (χ2v) is 10.1. The number of amides is 1. The van der Waals surface area contributed by atoms with E-state index in [1.807, 2.05) is 11.4 Å². The second-order valence-electron chi connectivity index (χ2n) is 6.83. The molecule has 0 spiro atoms. The summed E-state index contributed by atoms with van der Waals surface area (Å²) in [5, 5.41) is 28.8. The molecule has 9 nitrogen and oxygen atoms in total. The van der Waals surface area contributed by atoms with Crippen LogP contribution < -0.4 is 5.32 Å². The van der Waals surface area contributed by atoms with Gasteiger partial charge in [-0.1, -0.05) is 41.3 Å². The minimum absolute atomic E-state index is 0.0333. The molecule has 32 heavy (non-hydrogen) atoms. The molecule has 164 valence electrons. The highest BCUT2D eigenvalue weighted by molar-refractivity contribution is 8.00. The van der Waals surface area contributed by atoms with Crippen molar-refractivity contribution < 1.29 is 9.72 Å². The molecular formula is C20H18N6O3S3. The number of nitrogens with zero attached hydrogens (tertiary/aromatic N) is 5. The van der Waals surface area contributed by atoms with Crippen LogP contribution in [0.15, 0.2) is 46.1 Å². The predicted octanol–water partition coefficient (Wildman–Crippen LogP) is 4.91. The Hall–Kier alpha value is -3.09. The van der Waals surface area contributed by atoms with E-state index in [-0.39, 0.29) is 11.6 Å². The molecule has 3 heterocycles. The predicted molar refractivity (Wildman–Crippen MR) is 126 cm³/mol. The highest BCUT2D eigenvalue weighted by Crippen LogP contribution is 2.29. The van der Waals surface area contributed by atoms with Crippen molar-refractivity contribution in [2.75, 3.05) is 5.32 Å². The molecule has 1 aromatic carbocycles. The zero-order valence-electron chi connectivity index (χ0n) is 17.1. The zero-order chi connectivity index (χ0) is 22.7. The van der Waals surface area contributed by atoms with Gasteiger partial charge in [-0.05, 0) is 43.0 Å². The lowest BCUT2D eigenvalue weighted by atomic mass is 10.1. The summed E-state index contributed by atoms with van der Waals surface area (Å²) >= 11 is 4.61. The first-order chi connectivity index (χ1) is 15.4. The maximum atomic E-state index is 12.5. The Kier molecular flexibility index (Phi) is 6.63. The monoisotopic (exact) mass is 486 g/mol. The van der Waals surface area contributed by atoms with Crippen LogP contribution in [0.1, 0.15) is 32.2 Å². The summed E-state index contributed by atoms with van der Waals surface area (Å²) in [4.78, 5) is 24.6. The maximum Gasteiger partial charge on any atom is 0.312 e. The number of carbonyl (C=O) groups is 1. The number of aromatic nitrogens is 4. The van der Waals surface area contributed by atoms with Crippen molar-refractivity contribution in [3.8, 4) is 0 Å². The Balaban J connectivity index is 1.36. The Morgan fingerprint density at radius 3 is 2.66 bits per heavy atom. The van der Waals surface area contributed by atoms with Crippen molar-refractivity contribution in [1.82, 2.24) is 20.0 Å². The van der Waals surface area contributed by atoms with Crippen LogP contribution in [0.2, 0.25) is 0 Å². The van der Waals surface area contributed by atoms with Crippen molar-refractivity contribution in [1.29, 1.82) is 0 Å². The third-order valence-electron chi connectivity index (χ3n) is 4.62. The second kappa shape index (κ2) is 9.59. The average Bonchev–Trinajstić information content (AvgIpc) is 3.49. The lowest BCUT2D eigenvalue weighted by Crippen LogP contribution is -2.12. The highest BCUT2D eigenvalue weighted by Gasteiger charge is 2.21. The van der Waals surface area contributed by atoms with Gasteiger partial charge in [0, 0.05) is 16.2 Å². The molecule has 4 rings (SSSR count). The first kappa shape index (κ1) is 22.1. The van der Waals surface area contributed by atoms with E-state index >= 15 is 0 Å². The molecule has 0 aliphatic heterocycles. The molecule has 1 amide bonds. The van der Waals surface area contributed by atoms with E-state index in [0.29, 0.717) is 28.6 Å². The minimum Gasteiger partial charge on any atom is -0.296 e. The molecule has 0 fully saturated rings. The minimum atomic E-state index is -0.415. The Bertz CT molecular complexity index is 1250. The standard InChI is InChI=1S/C20H18N6O3S3/c1-12-17(26(28)29)13(2)25(24-12)10-14-5-7-15(8-6-14)18(27)21-19-22-23-20(32-19)31-11-16-4-3-9-30-16/h3-9H,10-11H2,1-2H3,(H,21,22,27). The van der Waals surface area contributed by atoms with Gasteiger partial charge in [-0.2, -0.15) is 5.10 Å². The van der Waals surface area contributed by atoms with E-state index in [4.69, 9.17) is 0 Å². The van der Waals surface area contributed by atoms with Crippen LogP contribution in [0.5, 0.6) is 0 Å². The van der Waals surface area contributed by atoms with Crippen LogP contribution in [0.4, 0.5) is 10.8 Å². The molecule has 12 heteroatoms. The highest BCUT2D eigenvalue weighted by atomic mass is 32.2. The molecule has 0 atom stereocenters. The van der Waals surface area contributed by atoms with Gasteiger partial charge < -0.3 is 0 Å². The fraction of sp³-hybridized carbons (Fsp3) is 0.200. The quantitative estimate of drug-likeness (QED) is 0.163. The first-order valence-electron chi connectivity index (χ1n) is 9.48. The molecule has 4 aromatic rings. The number of hydrogen-bond acceptors (Lipinski definition) is 9. The summed E-state index contributed by atoms with van der Waals surface area (Å²) in [5.41, 5.74) is 2.28. The van der Waals surface area contributed by atoms with Crippen LogP contribution in [0.3, 0.4) is 0 Å². The van der Waals surface area contributed by atoms with Gasteiger partial charge in [0.15, 0.2) is 4.34 Å². The summed E-state index contributed by atoms with van der Waals surface area (Å²) in [7, 11) is 0. The van der Waals surface area contributed by atoms with Crippen LogP contribution in [-0.4, -0.2) is 30.8 Å². The van der Waals surface area contributed by atoms with E-state index in [9.17, 15) is 14.9 Å². The van der Waals surface area contributed by atoms with E-state index in [1.54, 1.807) is 65.9 Å². The van der Waals surface area contributed by atoms with Gasteiger partial charge in [-0.25, -0.2) is 0 Å². The molecule has 0 saturated heterocycles.